The lowest BCUT2D eigenvalue weighted by molar-refractivity contribution is -0.871. The monoisotopic (exact) mass is 387 g/mol. The lowest BCUT2D eigenvalue weighted by Gasteiger charge is -2.15. The second-order valence-corrected chi connectivity index (χ2v) is 6.79. The van der Waals surface area contributed by atoms with Gasteiger partial charge in [0.05, 0.1) is 27.8 Å². The predicted octanol–water partition coefficient (Wildman–Crippen LogP) is 0.806. The molecule has 3 rings (SSSR count). The summed E-state index contributed by atoms with van der Waals surface area (Å²) in [5, 5.41) is 2.96. The van der Waals surface area contributed by atoms with Crippen molar-refractivity contribution in [3.05, 3.63) is 47.5 Å². The number of nitrogens with one attached hydrogen (secondary N) is 2. The molecule has 0 spiro atoms. The van der Waals surface area contributed by atoms with Crippen molar-refractivity contribution >= 4 is 5.91 Å². The summed E-state index contributed by atoms with van der Waals surface area (Å²) in [7, 11) is 5.27. The highest BCUT2D eigenvalue weighted by molar-refractivity contribution is 5.76. The molecular weight excluding hydrogens is 360 g/mol. The second-order valence-electron chi connectivity index (χ2n) is 6.79. The normalized spacial score (nSPS) is 13.1. The van der Waals surface area contributed by atoms with Crippen LogP contribution in [0.3, 0.4) is 0 Å². The summed E-state index contributed by atoms with van der Waals surface area (Å²) < 4.78 is 21.3. The van der Waals surface area contributed by atoms with E-state index in [0.717, 1.165) is 52.0 Å². The number of rotatable bonds is 9. The van der Waals surface area contributed by atoms with E-state index < -0.39 is 0 Å². The van der Waals surface area contributed by atoms with Crippen LogP contribution >= 0.6 is 0 Å². The molecule has 1 aliphatic heterocycles. The molecule has 0 bridgehead atoms. The average molecular weight is 387 g/mol. The van der Waals surface area contributed by atoms with Crippen LogP contribution in [-0.4, -0.2) is 47.1 Å². The van der Waals surface area contributed by atoms with E-state index in [2.05, 4.69) is 5.32 Å². The lowest BCUT2D eigenvalue weighted by Crippen LogP contribution is -3.10. The third kappa shape index (κ3) is 5.07. The summed E-state index contributed by atoms with van der Waals surface area (Å²) in [4.78, 5) is 13.4. The van der Waals surface area contributed by atoms with Crippen molar-refractivity contribution in [1.82, 2.24) is 5.32 Å². The van der Waals surface area contributed by atoms with Crippen molar-refractivity contribution in [2.75, 3.05) is 41.1 Å². The second kappa shape index (κ2) is 9.32. The van der Waals surface area contributed by atoms with Gasteiger partial charge in [0.2, 0.25) is 6.79 Å². The van der Waals surface area contributed by atoms with E-state index in [1.54, 1.807) is 14.2 Å². The molecule has 1 aliphatic rings. The smallest absolute Gasteiger partial charge is 0.275 e. The van der Waals surface area contributed by atoms with E-state index in [9.17, 15) is 4.79 Å². The molecule has 1 heterocycles. The summed E-state index contributed by atoms with van der Waals surface area (Å²) in [5.41, 5.74) is 2.14. The first kappa shape index (κ1) is 19.8. The number of ether oxygens (including phenoxy) is 4. The van der Waals surface area contributed by atoms with Gasteiger partial charge in [0.1, 0.15) is 0 Å². The Morgan fingerprint density at radius 2 is 1.79 bits per heavy atom. The summed E-state index contributed by atoms with van der Waals surface area (Å²) in [5.74, 6) is 2.93. The molecule has 28 heavy (non-hydrogen) atoms. The van der Waals surface area contributed by atoms with Crippen molar-refractivity contribution in [3.63, 3.8) is 0 Å². The summed E-state index contributed by atoms with van der Waals surface area (Å²) in [6, 6.07) is 11.6. The predicted molar refractivity (Wildman–Crippen MR) is 104 cm³/mol. The van der Waals surface area contributed by atoms with Crippen LogP contribution in [0.15, 0.2) is 36.4 Å². The van der Waals surface area contributed by atoms with Crippen molar-refractivity contribution < 1.29 is 28.6 Å². The molecule has 2 aromatic rings. The first-order valence-corrected chi connectivity index (χ1v) is 9.26. The maximum Gasteiger partial charge on any atom is 0.275 e. The van der Waals surface area contributed by atoms with Crippen LogP contribution in [0.25, 0.3) is 0 Å². The zero-order chi connectivity index (χ0) is 19.9. The molecule has 0 fully saturated rings. The molecule has 2 aromatic carbocycles. The molecule has 0 saturated heterocycles. The highest BCUT2D eigenvalue weighted by Gasteiger charge is 2.14. The largest absolute Gasteiger partial charge is 0.493 e. The van der Waals surface area contributed by atoms with E-state index in [1.165, 1.54) is 0 Å². The van der Waals surface area contributed by atoms with Crippen LogP contribution in [0.5, 0.6) is 23.0 Å². The Labute approximate surface area is 165 Å². The fraction of sp³-hybridized carbons (Fsp3) is 0.381. The van der Waals surface area contributed by atoms with Gasteiger partial charge in [-0.3, -0.25) is 4.79 Å². The molecule has 0 aromatic heterocycles. The SMILES string of the molecule is COc1ccc(CC[NH+](C)CC(=O)NCc2ccc3c(c2)OCO3)cc1OC. The Hall–Kier alpha value is -2.93. The van der Waals surface area contributed by atoms with Crippen LogP contribution in [0.2, 0.25) is 0 Å². The molecule has 2 N–H and O–H groups in total. The highest BCUT2D eigenvalue weighted by atomic mass is 16.7. The zero-order valence-electron chi connectivity index (χ0n) is 16.5. The summed E-state index contributed by atoms with van der Waals surface area (Å²) >= 11 is 0. The third-order valence-electron chi connectivity index (χ3n) is 4.68. The van der Waals surface area contributed by atoms with Crippen molar-refractivity contribution in [1.29, 1.82) is 0 Å². The van der Waals surface area contributed by atoms with Gasteiger partial charge in [-0.25, -0.2) is 0 Å². The van der Waals surface area contributed by atoms with Gasteiger partial charge in [0.25, 0.3) is 5.91 Å². The first-order chi connectivity index (χ1) is 13.6. The molecule has 7 heteroatoms. The number of fused-ring (bicyclic) bond motifs is 1. The van der Waals surface area contributed by atoms with Crippen LogP contribution in [-0.2, 0) is 17.8 Å². The zero-order valence-corrected chi connectivity index (χ0v) is 16.5. The number of hydrogen-bond donors (Lipinski definition) is 2. The Morgan fingerprint density at radius 1 is 1.04 bits per heavy atom. The van der Waals surface area contributed by atoms with Gasteiger partial charge in [-0.1, -0.05) is 12.1 Å². The molecule has 1 unspecified atom stereocenters. The van der Waals surface area contributed by atoms with Crippen LogP contribution in [0, 0.1) is 0 Å². The van der Waals surface area contributed by atoms with Gasteiger partial charge in [-0.15, -0.1) is 0 Å². The number of amides is 1. The highest BCUT2D eigenvalue weighted by Crippen LogP contribution is 2.32. The summed E-state index contributed by atoms with van der Waals surface area (Å²) in [6.45, 7) is 1.97. The minimum atomic E-state index is 0.0162. The maximum absolute atomic E-state index is 12.2. The Morgan fingerprint density at radius 3 is 2.57 bits per heavy atom. The average Bonchev–Trinajstić information content (AvgIpc) is 3.18. The molecule has 150 valence electrons. The number of quaternary nitrogens is 1. The molecule has 0 saturated carbocycles. The van der Waals surface area contributed by atoms with Crippen LogP contribution < -0.4 is 29.2 Å². The number of methoxy groups -OCH3 is 2. The standard InChI is InChI=1S/C21H26N2O5/c1-23(9-8-15-4-6-17(25-2)19(10-15)26-3)13-21(24)22-12-16-5-7-18-20(11-16)28-14-27-18/h4-7,10-11H,8-9,12-14H2,1-3H3,(H,22,24)/p+1. The number of carbonyl (C=O) groups excluding carboxylic acids is 1. The van der Waals surface area contributed by atoms with Crippen LogP contribution in [0.4, 0.5) is 0 Å². The van der Waals surface area contributed by atoms with Gasteiger partial charge in [0.15, 0.2) is 29.5 Å². The quantitative estimate of drug-likeness (QED) is 0.666. The van der Waals surface area contributed by atoms with Gasteiger partial charge in [-0.2, -0.15) is 0 Å². The van der Waals surface area contributed by atoms with Gasteiger partial charge < -0.3 is 29.2 Å². The molecule has 0 aliphatic carbocycles. The first-order valence-electron chi connectivity index (χ1n) is 9.26. The third-order valence-corrected chi connectivity index (χ3v) is 4.68. The molecular formula is C21H27N2O5+. The Bertz CT molecular complexity index is 824. The van der Waals surface area contributed by atoms with Gasteiger partial charge >= 0.3 is 0 Å². The number of likely N-dealkylation sites (N-methyl/N-ethyl adjacent to an activating group) is 1. The number of hydrogen-bond acceptors (Lipinski definition) is 5. The van der Waals surface area contributed by atoms with Gasteiger partial charge in [0, 0.05) is 13.0 Å². The van der Waals surface area contributed by atoms with E-state index in [0.29, 0.717) is 13.1 Å². The molecule has 1 atom stereocenters. The number of carbonyl (C=O) groups is 1. The summed E-state index contributed by atoms with van der Waals surface area (Å²) in [6.07, 6.45) is 0.849. The maximum atomic E-state index is 12.2. The minimum Gasteiger partial charge on any atom is -0.493 e. The molecule has 1 amide bonds. The van der Waals surface area contributed by atoms with Crippen molar-refractivity contribution in [3.8, 4) is 23.0 Å². The Kier molecular flexibility index (Phi) is 6.60. The van der Waals surface area contributed by atoms with E-state index in [1.807, 2.05) is 43.4 Å². The lowest BCUT2D eigenvalue weighted by atomic mass is 10.1. The van der Waals surface area contributed by atoms with E-state index in [4.69, 9.17) is 18.9 Å². The fourth-order valence-corrected chi connectivity index (χ4v) is 3.07. The van der Waals surface area contributed by atoms with Gasteiger partial charge in [-0.05, 0) is 35.4 Å². The van der Waals surface area contributed by atoms with E-state index >= 15 is 0 Å². The topological polar surface area (TPSA) is 70.5 Å². The molecule has 0 radical (unpaired) electrons. The Balaban J connectivity index is 1.43. The van der Waals surface area contributed by atoms with Crippen molar-refractivity contribution in [2.24, 2.45) is 0 Å². The van der Waals surface area contributed by atoms with Crippen molar-refractivity contribution in [2.45, 2.75) is 13.0 Å². The number of benzene rings is 2. The van der Waals surface area contributed by atoms with Crippen LogP contribution in [0.1, 0.15) is 11.1 Å². The minimum absolute atomic E-state index is 0.0162. The van der Waals surface area contributed by atoms with E-state index in [-0.39, 0.29) is 12.7 Å². The fourth-order valence-electron chi connectivity index (χ4n) is 3.07. The molecule has 7 nitrogen and oxygen atoms in total.